The minimum absolute atomic E-state index is 0.0285. The smallest absolute Gasteiger partial charge is 0.259 e. The summed E-state index contributed by atoms with van der Waals surface area (Å²) in [5, 5.41) is 11.1. The number of hydrogen-bond acceptors (Lipinski definition) is 6. The van der Waals surface area contributed by atoms with E-state index in [1.807, 2.05) is 49.4 Å². The number of benzene rings is 2. The molecule has 0 bridgehead atoms. The molecule has 4 aromatic rings. The van der Waals surface area contributed by atoms with Gasteiger partial charge >= 0.3 is 0 Å². The van der Waals surface area contributed by atoms with E-state index in [-0.39, 0.29) is 17.4 Å². The van der Waals surface area contributed by atoms with Crippen LogP contribution in [0.4, 0.5) is 5.69 Å². The van der Waals surface area contributed by atoms with Gasteiger partial charge in [0.1, 0.15) is 11.5 Å². The van der Waals surface area contributed by atoms with Crippen LogP contribution in [0.1, 0.15) is 28.4 Å². The van der Waals surface area contributed by atoms with Crippen LogP contribution in [0, 0.1) is 6.92 Å². The summed E-state index contributed by atoms with van der Waals surface area (Å²) < 4.78 is 7.01. The van der Waals surface area contributed by atoms with Gasteiger partial charge in [-0.2, -0.15) is 0 Å². The first-order valence-corrected chi connectivity index (χ1v) is 12.6. The third kappa shape index (κ3) is 5.22. The summed E-state index contributed by atoms with van der Waals surface area (Å²) in [7, 11) is 1.63. The number of anilines is 1. The molecule has 2 aromatic carbocycles. The van der Waals surface area contributed by atoms with E-state index >= 15 is 0 Å². The number of pyridine rings is 2. The van der Waals surface area contributed by atoms with Crippen LogP contribution in [0.2, 0.25) is 0 Å². The third-order valence-corrected chi connectivity index (χ3v) is 7.12. The van der Waals surface area contributed by atoms with Crippen molar-refractivity contribution in [2.75, 3.05) is 38.2 Å². The van der Waals surface area contributed by atoms with E-state index in [1.54, 1.807) is 30.1 Å². The number of ether oxygens (including phenoxy) is 1. The molecule has 0 saturated carbocycles. The van der Waals surface area contributed by atoms with E-state index < -0.39 is 0 Å². The van der Waals surface area contributed by atoms with Crippen LogP contribution in [0.15, 0.2) is 90.0 Å². The first kappa shape index (κ1) is 24.6. The fourth-order valence-corrected chi connectivity index (χ4v) is 5.12. The molecule has 1 N–H and O–H groups in total. The first-order chi connectivity index (χ1) is 18.0. The molecule has 1 aliphatic rings. The van der Waals surface area contributed by atoms with Crippen LogP contribution in [0.3, 0.4) is 0 Å². The van der Waals surface area contributed by atoms with Crippen LogP contribution in [0.25, 0.3) is 0 Å². The molecular weight excluding hydrogens is 464 g/mol. The van der Waals surface area contributed by atoms with Crippen LogP contribution < -0.4 is 15.2 Å². The highest BCUT2D eigenvalue weighted by molar-refractivity contribution is 5.47. The number of hydrogen-bond donors (Lipinski definition) is 1. The van der Waals surface area contributed by atoms with E-state index in [1.165, 1.54) is 5.69 Å². The molecule has 0 radical (unpaired) electrons. The minimum Gasteiger partial charge on any atom is -0.507 e. The maximum atomic E-state index is 14.0. The van der Waals surface area contributed by atoms with Crippen LogP contribution in [0.5, 0.6) is 11.5 Å². The topological polar surface area (TPSA) is 70.8 Å². The molecule has 37 heavy (non-hydrogen) atoms. The Labute approximate surface area is 217 Å². The van der Waals surface area contributed by atoms with Gasteiger partial charge in [0, 0.05) is 50.0 Å². The summed E-state index contributed by atoms with van der Waals surface area (Å²) in [5.74, 6) is 0.799. The summed E-state index contributed by atoms with van der Waals surface area (Å²) in [6, 6.07) is 23.3. The average molecular weight is 497 g/mol. The van der Waals surface area contributed by atoms with Crippen molar-refractivity contribution in [1.29, 1.82) is 0 Å². The van der Waals surface area contributed by atoms with Gasteiger partial charge in [-0.25, -0.2) is 0 Å². The molecule has 7 heteroatoms. The Morgan fingerprint density at radius 1 is 0.946 bits per heavy atom. The fourth-order valence-electron chi connectivity index (χ4n) is 5.12. The molecule has 1 fully saturated rings. The quantitative estimate of drug-likeness (QED) is 0.413. The fraction of sp³-hybridized carbons (Fsp3) is 0.267. The maximum Gasteiger partial charge on any atom is 0.259 e. The monoisotopic (exact) mass is 496 g/mol. The van der Waals surface area contributed by atoms with Gasteiger partial charge < -0.3 is 19.3 Å². The lowest BCUT2D eigenvalue weighted by molar-refractivity contribution is 0.207. The second-order valence-electron chi connectivity index (χ2n) is 9.37. The minimum atomic E-state index is -0.379. The Kier molecular flexibility index (Phi) is 7.23. The van der Waals surface area contributed by atoms with Crippen molar-refractivity contribution in [3.63, 3.8) is 0 Å². The molecule has 0 amide bonds. The Morgan fingerprint density at radius 2 is 1.62 bits per heavy atom. The summed E-state index contributed by atoms with van der Waals surface area (Å²) in [5.41, 5.74) is 4.06. The summed E-state index contributed by atoms with van der Waals surface area (Å²) in [6.07, 6.45) is 3.48. The predicted octanol–water partition coefficient (Wildman–Crippen LogP) is 4.23. The lowest BCUT2D eigenvalue weighted by atomic mass is 9.96. The summed E-state index contributed by atoms with van der Waals surface area (Å²) in [4.78, 5) is 22.8. The molecule has 0 spiro atoms. The van der Waals surface area contributed by atoms with Crippen molar-refractivity contribution in [1.82, 2.24) is 14.5 Å². The molecule has 2 aromatic heterocycles. The second kappa shape index (κ2) is 10.9. The van der Waals surface area contributed by atoms with E-state index in [2.05, 4.69) is 39.0 Å². The van der Waals surface area contributed by atoms with E-state index in [0.717, 1.165) is 43.1 Å². The zero-order valence-electron chi connectivity index (χ0n) is 21.2. The molecule has 0 aliphatic carbocycles. The highest BCUT2D eigenvalue weighted by Gasteiger charge is 2.31. The van der Waals surface area contributed by atoms with E-state index in [4.69, 9.17) is 4.74 Å². The molecule has 1 atom stereocenters. The molecule has 3 heterocycles. The highest BCUT2D eigenvalue weighted by atomic mass is 16.5. The van der Waals surface area contributed by atoms with Gasteiger partial charge in [-0.3, -0.25) is 14.7 Å². The maximum absolute atomic E-state index is 14.0. The molecule has 5 rings (SSSR count). The van der Waals surface area contributed by atoms with Crippen LogP contribution in [-0.2, 0) is 6.54 Å². The molecule has 1 saturated heterocycles. The number of aryl methyl sites for hydroxylation is 1. The van der Waals surface area contributed by atoms with Crippen molar-refractivity contribution in [2.24, 2.45) is 0 Å². The summed E-state index contributed by atoms with van der Waals surface area (Å²) >= 11 is 0. The van der Waals surface area contributed by atoms with E-state index in [9.17, 15) is 9.90 Å². The standard InChI is InChI=1S/C30H32N4O3/c1-22-20-27(35)28(30(36)34(22)21-23-8-10-26(37-2)11-9-23)29(24-12-14-31-15-13-24)33-18-16-32(17-19-33)25-6-4-3-5-7-25/h3-15,20,29,35H,16-19,21H2,1-2H3/t29-/m0/s1. The predicted molar refractivity (Wildman–Crippen MR) is 146 cm³/mol. The van der Waals surface area contributed by atoms with Crippen molar-refractivity contribution < 1.29 is 9.84 Å². The zero-order valence-corrected chi connectivity index (χ0v) is 21.2. The number of piperazine rings is 1. The molecule has 7 nitrogen and oxygen atoms in total. The number of methoxy groups -OCH3 is 1. The van der Waals surface area contributed by atoms with Crippen molar-refractivity contribution in [3.8, 4) is 11.5 Å². The normalized spacial score (nSPS) is 14.9. The number of para-hydroxylation sites is 1. The highest BCUT2D eigenvalue weighted by Crippen LogP contribution is 2.33. The van der Waals surface area contributed by atoms with Gasteiger partial charge in [0.05, 0.1) is 25.3 Å². The van der Waals surface area contributed by atoms with Gasteiger partial charge in [-0.1, -0.05) is 30.3 Å². The number of nitrogens with zero attached hydrogens (tertiary/aromatic N) is 4. The van der Waals surface area contributed by atoms with Crippen molar-refractivity contribution >= 4 is 5.69 Å². The largest absolute Gasteiger partial charge is 0.507 e. The molecule has 0 unspecified atom stereocenters. The van der Waals surface area contributed by atoms with Gasteiger partial charge in [0.25, 0.3) is 5.56 Å². The lowest BCUT2D eigenvalue weighted by Crippen LogP contribution is -2.49. The molecular formula is C30H32N4O3. The van der Waals surface area contributed by atoms with Crippen molar-refractivity contribution in [3.05, 3.63) is 118 Å². The van der Waals surface area contributed by atoms with Gasteiger partial charge in [-0.15, -0.1) is 0 Å². The number of rotatable bonds is 7. The number of aromatic nitrogens is 2. The Balaban J connectivity index is 1.50. The lowest BCUT2D eigenvalue weighted by Gasteiger charge is -2.40. The Morgan fingerprint density at radius 3 is 2.27 bits per heavy atom. The van der Waals surface area contributed by atoms with Crippen LogP contribution >= 0.6 is 0 Å². The van der Waals surface area contributed by atoms with Gasteiger partial charge in [-0.05, 0) is 60.5 Å². The number of aromatic hydroxyl groups is 1. The van der Waals surface area contributed by atoms with Gasteiger partial charge in [0.2, 0.25) is 0 Å². The van der Waals surface area contributed by atoms with Crippen molar-refractivity contribution in [2.45, 2.75) is 19.5 Å². The molecule has 1 aliphatic heterocycles. The SMILES string of the molecule is COc1ccc(Cn2c(C)cc(O)c([C@H](c3ccncc3)N3CCN(c4ccccc4)CC3)c2=O)cc1. The van der Waals surface area contributed by atoms with Crippen LogP contribution in [-0.4, -0.2) is 52.8 Å². The first-order valence-electron chi connectivity index (χ1n) is 12.6. The summed E-state index contributed by atoms with van der Waals surface area (Å²) in [6.45, 7) is 5.44. The Bertz CT molecular complexity index is 1380. The molecule has 190 valence electrons. The Hall–Kier alpha value is -4.10. The third-order valence-electron chi connectivity index (χ3n) is 7.12. The van der Waals surface area contributed by atoms with E-state index in [0.29, 0.717) is 17.8 Å². The zero-order chi connectivity index (χ0) is 25.8. The average Bonchev–Trinajstić information content (AvgIpc) is 2.95. The van der Waals surface area contributed by atoms with Gasteiger partial charge in [0.15, 0.2) is 0 Å². The second-order valence-corrected chi connectivity index (χ2v) is 9.37.